The predicted molar refractivity (Wildman–Crippen MR) is 79.8 cm³/mol. The van der Waals surface area contributed by atoms with Gasteiger partial charge in [0.25, 0.3) is 0 Å². The van der Waals surface area contributed by atoms with Crippen LogP contribution in [-0.2, 0) is 4.84 Å². The van der Waals surface area contributed by atoms with E-state index >= 15 is 0 Å². The number of nitrogens with zero attached hydrogens (tertiary/aromatic N) is 3. The number of rotatable bonds is 4. The minimum Gasteiger partial charge on any atom is -0.369 e. The molecule has 1 heterocycles. The molecule has 0 bridgehead atoms. The van der Waals surface area contributed by atoms with Gasteiger partial charge in [0.15, 0.2) is 0 Å². The monoisotopic (exact) mass is 278 g/mol. The fraction of sp³-hybridized carbons (Fsp3) is 0.500. The molecule has 20 heavy (non-hydrogen) atoms. The number of hydroxylamine groups is 1. The van der Waals surface area contributed by atoms with Crippen LogP contribution in [-0.4, -0.2) is 50.8 Å². The molecule has 2 amide bonds. The number of benzene rings is 1. The summed E-state index contributed by atoms with van der Waals surface area (Å²) in [6, 6.07) is 7.10. The van der Waals surface area contributed by atoms with Crippen LogP contribution in [0.15, 0.2) is 24.3 Å². The van der Waals surface area contributed by atoms with Crippen LogP contribution < -0.4 is 15.7 Å². The van der Waals surface area contributed by atoms with E-state index < -0.39 is 6.03 Å². The quantitative estimate of drug-likeness (QED) is 0.843. The molecule has 0 atom stereocenters. The molecule has 1 fully saturated rings. The molecule has 1 aromatic rings. The van der Waals surface area contributed by atoms with E-state index in [0.29, 0.717) is 12.3 Å². The summed E-state index contributed by atoms with van der Waals surface area (Å²) in [7, 11) is 2.12. The molecule has 6 heteroatoms. The van der Waals surface area contributed by atoms with Crippen LogP contribution >= 0.6 is 0 Å². The molecule has 2 rings (SSSR count). The van der Waals surface area contributed by atoms with Gasteiger partial charge in [-0.2, -0.15) is 5.06 Å². The maximum Gasteiger partial charge on any atom is 0.343 e. The highest BCUT2D eigenvalue weighted by Gasteiger charge is 2.17. The summed E-state index contributed by atoms with van der Waals surface area (Å²) < 4.78 is 0. The second-order valence-corrected chi connectivity index (χ2v) is 4.86. The number of piperazine rings is 1. The molecule has 0 unspecified atom stereocenters. The lowest BCUT2D eigenvalue weighted by atomic mass is 10.2. The third kappa shape index (κ3) is 3.40. The summed E-state index contributed by atoms with van der Waals surface area (Å²) in [6.45, 7) is 6.24. The summed E-state index contributed by atoms with van der Waals surface area (Å²) in [5.41, 5.74) is 7.09. The number of urea groups is 1. The maximum atomic E-state index is 11.4. The van der Waals surface area contributed by atoms with E-state index in [1.807, 2.05) is 31.2 Å². The first-order chi connectivity index (χ1) is 9.61. The molecule has 1 aliphatic heterocycles. The summed E-state index contributed by atoms with van der Waals surface area (Å²) in [5, 5.41) is 1.14. The first kappa shape index (κ1) is 14.6. The Morgan fingerprint density at radius 3 is 2.65 bits per heavy atom. The molecular formula is C14H22N4O2. The maximum absolute atomic E-state index is 11.4. The Morgan fingerprint density at radius 2 is 2.05 bits per heavy atom. The van der Waals surface area contributed by atoms with Crippen molar-refractivity contribution in [3.8, 4) is 0 Å². The molecular weight excluding hydrogens is 256 g/mol. The molecule has 6 nitrogen and oxygen atoms in total. The van der Waals surface area contributed by atoms with Crippen molar-refractivity contribution in [2.24, 2.45) is 5.73 Å². The average Bonchev–Trinajstić information content (AvgIpc) is 2.45. The normalized spacial score (nSPS) is 16.2. The van der Waals surface area contributed by atoms with Gasteiger partial charge < -0.3 is 15.5 Å². The number of likely N-dealkylation sites (N-methyl/N-ethyl adjacent to an activating group) is 1. The molecule has 0 radical (unpaired) electrons. The van der Waals surface area contributed by atoms with Gasteiger partial charge in [-0.3, -0.25) is 4.84 Å². The van der Waals surface area contributed by atoms with Gasteiger partial charge in [0.1, 0.15) is 0 Å². The molecule has 0 aliphatic carbocycles. The van der Waals surface area contributed by atoms with Crippen LogP contribution in [0.3, 0.4) is 0 Å². The van der Waals surface area contributed by atoms with E-state index in [0.717, 1.165) is 36.9 Å². The molecule has 2 N–H and O–H groups in total. The number of hydrogen-bond donors (Lipinski definition) is 1. The standard InChI is InChI=1S/C14H22N4O2/c1-3-20-18(14(15)19)13-6-4-5-12(11-13)17-9-7-16(2)8-10-17/h4-6,11H,3,7-10H2,1-2H3,(H2,15,19). The molecule has 0 saturated carbocycles. The number of hydrogen-bond acceptors (Lipinski definition) is 4. The van der Waals surface area contributed by atoms with Crippen molar-refractivity contribution in [2.75, 3.05) is 49.8 Å². The zero-order chi connectivity index (χ0) is 14.5. The SMILES string of the molecule is CCON(C(N)=O)c1cccc(N2CCN(C)CC2)c1. The third-order valence-electron chi connectivity index (χ3n) is 3.39. The Labute approximate surface area is 119 Å². The second-order valence-electron chi connectivity index (χ2n) is 4.86. The fourth-order valence-corrected chi connectivity index (χ4v) is 2.28. The Bertz CT molecular complexity index is 458. The van der Waals surface area contributed by atoms with Crippen LogP contribution in [0, 0.1) is 0 Å². The van der Waals surface area contributed by atoms with E-state index in [-0.39, 0.29) is 0 Å². The minimum absolute atomic E-state index is 0.391. The molecule has 0 aromatic heterocycles. The first-order valence-corrected chi connectivity index (χ1v) is 6.88. The highest BCUT2D eigenvalue weighted by molar-refractivity contribution is 5.89. The van der Waals surface area contributed by atoms with Gasteiger partial charge in [0, 0.05) is 31.9 Å². The predicted octanol–water partition coefficient (Wildman–Crippen LogP) is 1.28. The van der Waals surface area contributed by atoms with Crippen LogP contribution in [0.4, 0.5) is 16.2 Å². The number of carbonyl (C=O) groups is 1. The minimum atomic E-state index is -0.609. The van der Waals surface area contributed by atoms with E-state index in [1.165, 1.54) is 0 Å². The highest BCUT2D eigenvalue weighted by atomic mass is 16.7. The van der Waals surface area contributed by atoms with E-state index in [4.69, 9.17) is 10.6 Å². The topological polar surface area (TPSA) is 62.0 Å². The lowest BCUT2D eigenvalue weighted by Crippen LogP contribution is -2.44. The van der Waals surface area contributed by atoms with Crippen molar-refractivity contribution in [2.45, 2.75) is 6.92 Å². The van der Waals surface area contributed by atoms with Crippen LogP contribution in [0.2, 0.25) is 0 Å². The molecule has 110 valence electrons. The molecule has 1 aromatic carbocycles. The third-order valence-corrected chi connectivity index (χ3v) is 3.39. The zero-order valence-electron chi connectivity index (χ0n) is 12.1. The van der Waals surface area contributed by atoms with E-state index in [1.54, 1.807) is 0 Å². The van der Waals surface area contributed by atoms with Crippen molar-refractivity contribution in [1.29, 1.82) is 0 Å². The summed E-state index contributed by atoms with van der Waals surface area (Å²) in [6.07, 6.45) is 0. The number of anilines is 2. The van der Waals surface area contributed by atoms with Gasteiger partial charge in [-0.25, -0.2) is 4.79 Å². The number of carbonyl (C=O) groups excluding carboxylic acids is 1. The van der Waals surface area contributed by atoms with Crippen LogP contribution in [0.25, 0.3) is 0 Å². The van der Waals surface area contributed by atoms with Gasteiger partial charge in [-0.05, 0) is 32.2 Å². The summed E-state index contributed by atoms with van der Waals surface area (Å²) in [5.74, 6) is 0. The van der Waals surface area contributed by atoms with Gasteiger partial charge in [0.05, 0.1) is 12.3 Å². The van der Waals surface area contributed by atoms with Crippen molar-refractivity contribution in [3.63, 3.8) is 0 Å². The average molecular weight is 278 g/mol. The lowest BCUT2D eigenvalue weighted by Gasteiger charge is -2.34. The molecule has 1 aliphatic rings. The lowest BCUT2D eigenvalue weighted by molar-refractivity contribution is 0.131. The van der Waals surface area contributed by atoms with Gasteiger partial charge >= 0.3 is 6.03 Å². The highest BCUT2D eigenvalue weighted by Crippen LogP contribution is 2.23. The summed E-state index contributed by atoms with van der Waals surface area (Å²) in [4.78, 5) is 21.3. The molecule has 0 spiro atoms. The van der Waals surface area contributed by atoms with Gasteiger partial charge in [0.2, 0.25) is 0 Å². The largest absolute Gasteiger partial charge is 0.369 e. The van der Waals surface area contributed by atoms with Crippen molar-refractivity contribution in [3.05, 3.63) is 24.3 Å². The van der Waals surface area contributed by atoms with E-state index in [9.17, 15) is 4.79 Å². The Morgan fingerprint density at radius 1 is 1.35 bits per heavy atom. The number of amides is 2. The number of primary amides is 1. The Hall–Kier alpha value is -1.79. The number of nitrogens with two attached hydrogens (primary N) is 1. The van der Waals surface area contributed by atoms with Crippen molar-refractivity contribution in [1.82, 2.24) is 4.90 Å². The van der Waals surface area contributed by atoms with Gasteiger partial charge in [-0.15, -0.1) is 0 Å². The Kier molecular flexibility index (Phi) is 4.81. The molecule has 1 saturated heterocycles. The van der Waals surface area contributed by atoms with E-state index in [2.05, 4.69) is 16.8 Å². The zero-order valence-corrected chi connectivity index (χ0v) is 12.1. The smallest absolute Gasteiger partial charge is 0.343 e. The first-order valence-electron chi connectivity index (χ1n) is 6.88. The van der Waals surface area contributed by atoms with Crippen LogP contribution in [0.5, 0.6) is 0 Å². The second kappa shape index (κ2) is 6.58. The Balaban J connectivity index is 2.16. The van der Waals surface area contributed by atoms with Crippen molar-refractivity contribution < 1.29 is 9.63 Å². The summed E-state index contributed by atoms with van der Waals surface area (Å²) >= 11 is 0. The van der Waals surface area contributed by atoms with Crippen LogP contribution in [0.1, 0.15) is 6.92 Å². The fourth-order valence-electron chi connectivity index (χ4n) is 2.28. The van der Waals surface area contributed by atoms with Gasteiger partial charge in [-0.1, -0.05) is 6.07 Å². The van der Waals surface area contributed by atoms with Crippen molar-refractivity contribution >= 4 is 17.4 Å².